The van der Waals surface area contributed by atoms with Crippen molar-refractivity contribution in [3.05, 3.63) is 23.6 Å². The Morgan fingerprint density at radius 2 is 2.47 bits per heavy atom. The minimum Gasteiger partial charge on any atom is -0.377 e. The summed E-state index contributed by atoms with van der Waals surface area (Å²) in [5.41, 5.74) is 6.00. The largest absolute Gasteiger partial charge is 0.377 e. The molecule has 17 heavy (non-hydrogen) atoms. The molecule has 2 rings (SSSR count). The number of nitrogens with two attached hydrogens (primary N) is 1. The lowest BCUT2D eigenvalue weighted by molar-refractivity contribution is 0.0820. The Morgan fingerprint density at radius 3 is 3.24 bits per heavy atom. The Hall–Kier alpha value is -1.20. The molecule has 1 saturated heterocycles. The first-order valence-electron chi connectivity index (χ1n) is 5.92. The van der Waals surface area contributed by atoms with Crippen LogP contribution in [0, 0.1) is 5.82 Å². The molecule has 0 radical (unpaired) electrons. The number of hydrogen-bond acceptors (Lipinski definition) is 4. The van der Waals surface area contributed by atoms with Crippen LogP contribution in [-0.2, 0) is 11.3 Å². The van der Waals surface area contributed by atoms with Crippen LogP contribution in [0.15, 0.2) is 12.3 Å². The van der Waals surface area contributed by atoms with Crippen molar-refractivity contribution < 1.29 is 9.13 Å². The van der Waals surface area contributed by atoms with E-state index in [0.29, 0.717) is 17.9 Å². The zero-order chi connectivity index (χ0) is 12.3. The highest BCUT2D eigenvalue weighted by atomic mass is 19.1. The maximum Gasteiger partial charge on any atom is 0.170 e. The smallest absolute Gasteiger partial charge is 0.170 e. The molecule has 0 amide bonds. The number of halogens is 1. The molecule has 5 heteroatoms. The normalized spacial score (nSPS) is 21.4. The van der Waals surface area contributed by atoms with E-state index in [-0.39, 0.29) is 18.5 Å². The third kappa shape index (κ3) is 2.73. The van der Waals surface area contributed by atoms with E-state index < -0.39 is 0 Å². The predicted octanol–water partition coefficient (Wildman–Crippen LogP) is 1.29. The van der Waals surface area contributed by atoms with Gasteiger partial charge < -0.3 is 15.4 Å². The van der Waals surface area contributed by atoms with Gasteiger partial charge in [-0.25, -0.2) is 9.37 Å². The van der Waals surface area contributed by atoms with Crippen LogP contribution >= 0.6 is 0 Å². The van der Waals surface area contributed by atoms with Crippen LogP contribution in [0.1, 0.15) is 18.9 Å². The number of rotatable bonds is 2. The van der Waals surface area contributed by atoms with Crippen molar-refractivity contribution in [2.75, 3.05) is 24.6 Å². The van der Waals surface area contributed by atoms with Gasteiger partial charge in [0.15, 0.2) is 11.6 Å². The molecular formula is C12H18FN3O. The van der Waals surface area contributed by atoms with Crippen molar-refractivity contribution >= 4 is 5.82 Å². The summed E-state index contributed by atoms with van der Waals surface area (Å²) in [4.78, 5) is 6.06. The fourth-order valence-corrected chi connectivity index (χ4v) is 2.04. The van der Waals surface area contributed by atoms with Gasteiger partial charge in [-0.15, -0.1) is 0 Å². The van der Waals surface area contributed by atoms with Gasteiger partial charge in [-0.2, -0.15) is 0 Å². The lowest BCUT2D eigenvalue weighted by Gasteiger charge is -2.24. The Balaban J connectivity index is 2.25. The molecule has 1 atom stereocenters. The van der Waals surface area contributed by atoms with Gasteiger partial charge in [0.2, 0.25) is 0 Å². The van der Waals surface area contributed by atoms with E-state index in [1.807, 2.05) is 11.8 Å². The van der Waals surface area contributed by atoms with Crippen molar-refractivity contribution in [1.29, 1.82) is 0 Å². The van der Waals surface area contributed by atoms with Crippen LogP contribution in [0.25, 0.3) is 0 Å². The molecule has 4 nitrogen and oxygen atoms in total. The van der Waals surface area contributed by atoms with Crippen molar-refractivity contribution in [2.45, 2.75) is 26.0 Å². The lowest BCUT2D eigenvalue weighted by atomic mass is 10.2. The molecule has 1 unspecified atom stereocenters. The lowest BCUT2D eigenvalue weighted by Crippen LogP contribution is -2.31. The van der Waals surface area contributed by atoms with E-state index in [4.69, 9.17) is 10.5 Å². The molecule has 1 aromatic heterocycles. The molecule has 0 saturated carbocycles. The Bertz CT molecular complexity index is 386. The van der Waals surface area contributed by atoms with Crippen molar-refractivity contribution in [3.63, 3.8) is 0 Å². The second kappa shape index (κ2) is 5.42. The maximum absolute atomic E-state index is 14.1. The summed E-state index contributed by atoms with van der Waals surface area (Å²) in [5, 5.41) is 0. The van der Waals surface area contributed by atoms with E-state index >= 15 is 0 Å². The van der Waals surface area contributed by atoms with Gasteiger partial charge in [0.05, 0.1) is 6.10 Å². The van der Waals surface area contributed by atoms with E-state index in [9.17, 15) is 4.39 Å². The van der Waals surface area contributed by atoms with Gasteiger partial charge in [0, 0.05) is 38.0 Å². The summed E-state index contributed by atoms with van der Waals surface area (Å²) in [7, 11) is 0. The number of aromatic nitrogens is 1. The predicted molar refractivity (Wildman–Crippen MR) is 64.3 cm³/mol. The van der Waals surface area contributed by atoms with E-state index in [1.165, 1.54) is 0 Å². The Kier molecular flexibility index (Phi) is 3.91. The highest BCUT2D eigenvalue weighted by molar-refractivity contribution is 5.43. The summed E-state index contributed by atoms with van der Waals surface area (Å²) >= 11 is 0. The average Bonchev–Trinajstić information content (AvgIpc) is 2.54. The fourth-order valence-electron chi connectivity index (χ4n) is 2.04. The molecule has 0 aromatic carbocycles. The van der Waals surface area contributed by atoms with E-state index in [1.54, 1.807) is 12.3 Å². The maximum atomic E-state index is 14.1. The molecule has 2 N–H and O–H groups in total. The summed E-state index contributed by atoms with van der Waals surface area (Å²) in [6.45, 7) is 4.33. The third-order valence-corrected chi connectivity index (χ3v) is 2.92. The monoisotopic (exact) mass is 239 g/mol. The topological polar surface area (TPSA) is 51.4 Å². The highest BCUT2D eigenvalue weighted by Gasteiger charge is 2.20. The van der Waals surface area contributed by atoms with Crippen LogP contribution in [-0.4, -0.2) is 30.8 Å². The number of ether oxygens (including phenoxy) is 1. The fraction of sp³-hybridized carbons (Fsp3) is 0.583. The van der Waals surface area contributed by atoms with Gasteiger partial charge in [-0.1, -0.05) is 0 Å². The van der Waals surface area contributed by atoms with Gasteiger partial charge in [0.25, 0.3) is 0 Å². The molecule has 2 heterocycles. The van der Waals surface area contributed by atoms with Crippen molar-refractivity contribution in [2.24, 2.45) is 5.73 Å². The van der Waals surface area contributed by atoms with Crippen LogP contribution in [0.3, 0.4) is 0 Å². The second-order valence-electron chi connectivity index (χ2n) is 4.29. The average molecular weight is 239 g/mol. The minimum atomic E-state index is -0.302. The molecule has 1 aliphatic rings. The molecule has 0 aliphatic carbocycles. The molecule has 1 aliphatic heterocycles. The minimum absolute atomic E-state index is 0.0974. The first-order valence-corrected chi connectivity index (χ1v) is 5.92. The Morgan fingerprint density at radius 1 is 1.65 bits per heavy atom. The molecule has 0 bridgehead atoms. The number of nitrogens with zero attached hydrogens (tertiary/aromatic N) is 2. The van der Waals surface area contributed by atoms with E-state index in [0.717, 1.165) is 19.6 Å². The van der Waals surface area contributed by atoms with Crippen molar-refractivity contribution in [1.82, 2.24) is 4.98 Å². The first-order chi connectivity index (χ1) is 8.22. The molecular weight excluding hydrogens is 221 g/mol. The second-order valence-corrected chi connectivity index (χ2v) is 4.29. The van der Waals surface area contributed by atoms with Gasteiger partial charge in [-0.05, 0) is 19.4 Å². The quantitative estimate of drug-likeness (QED) is 0.845. The summed E-state index contributed by atoms with van der Waals surface area (Å²) in [6.07, 6.45) is 2.59. The van der Waals surface area contributed by atoms with Crippen LogP contribution in [0.4, 0.5) is 10.2 Å². The summed E-state index contributed by atoms with van der Waals surface area (Å²) in [6, 6.07) is 1.62. The molecule has 94 valence electrons. The number of anilines is 1. The zero-order valence-corrected chi connectivity index (χ0v) is 10.0. The van der Waals surface area contributed by atoms with Crippen LogP contribution < -0.4 is 10.6 Å². The van der Waals surface area contributed by atoms with E-state index in [2.05, 4.69) is 4.98 Å². The standard InChI is InChI=1S/C12H18FN3O/c1-9-8-16(5-2-6-17-9)12-11(13)10(7-14)3-4-15-12/h3-4,9H,2,5-8,14H2,1H3. The summed E-state index contributed by atoms with van der Waals surface area (Å²) in [5.74, 6) is 0.0920. The third-order valence-electron chi connectivity index (χ3n) is 2.92. The molecule has 0 spiro atoms. The van der Waals surface area contributed by atoms with Crippen LogP contribution in [0.5, 0.6) is 0 Å². The number of hydrogen-bond donors (Lipinski definition) is 1. The van der Waals surface area contributed by atoms with Gasteiger partial charge in [-0.3, -0.25) is 0 Å². The molecule has 1 fully saturated rings. The summed E-state index contributed by atoms with van der Waals surface area (Å²) < 4.78 is 19.6. The van der Waals surface area contributed by atoms with Gasteiger partial charge in [0.1, 0.15) is 0 Å². The zero-order valence-electron chi connectivity index (χ0n) is 10.0. The highest BCUT2D eigenvalue weighted by Crippen LogP contribution is 2.21. The van der Waals surface area contributed by atoms with Crippen LogP contribution in [0.2, 0.25) is 0 Å². The van der Waals surface area contributed by atoms with Crippen molar-refractivity contribution in [3.8, 4) is 0 Å². The first kappa shape index (κ1) is 12.3. The number of pyridine rings is 1. The van der Waals surface area contributed by atoms with Gasteiger partial charge >= 0.3 is 0 Å². The molecule has 1 aromatic rings. The SMILES string of the molecule is CC1CN(c2nccc(CN)c2F)CCCO1. The Labute approximate surface area is 101 Å².